The molecule has 1 N–H and O–H groups in total. The average Bonchev–Trinajstić information content (AvgIpc) is 2.61. The minimum absolute atomic E-state index is 0.194. The van der Waals surface area contributed by atoms with E-state index in [0.717, 1.165) is 38.8 Å². The van der Waals surface area contributed by atoms with Crippen molar-refractivity contribution in [2.75, 3.05) is 26.3 Å². The topological polar surface area (TPSA) is 52.6 Å². The summed E-state index contributed by atoms with van der Waals surface area (Å²) >= 11 is 0. The minimum Gasteiger partial charge on any atom is -0.302 e. The van der Waals surface area contributed by atoms with Crippen molar-refractivity contribution < 1.29 is 9.59 Å². The highest BCUT2D eigenvalue weighted by Crippen LogP contribution is 2.04. The van der Waals surface area contributed by atoms with Crippen LogP contribution in [0.1, 0.15) is 39.5 Å². The fourth-order valence-corrected chi connectivity index (χ4v) is 1.86. The molecule has 1 saturated heterocycles. The Kier molecular flexibility index (Phi) is 5.97. The van der Waals surface area contributed by atoms with E-state index in [4.69, 9.17) is 0 Å². The third kappa shape index (κ3) is 4.73. The lowest BCUT2D eigenvalue weighted by Gasteiger charge is -2.26. The molecule has 0 unspecified atom stereocenters. The molecule has 1 fully saturated rings. The van der Waals surface area contributed by atoms with Gasteiger partial charge in [0.05, 0.1) is 6.67 Å². The maximum absolute atomic E-state index is 11.4. The summed E-state index contributed by atoms with van der Waals surface area (Å²) in [5.41, 5.74) is 0. The van der Waals surface area contributed by atoms with Crippen molar-refractivity contribution in [1.29, 1.82) is 0 Å². The third-order valence-corrected chi connectivity index (χ3v) is 2.89. The fraction of sp³-hybridized carbons (Fsp3) is 0.833. The highest BCUT2D eigenvalue weighted by Gasteiger charge is 2.27. The maximum atomic E-state index is 11.4. The summed E-state index contributed by atoms with van der Waals surface area (Å²) in [6, 6.07) is -0.256. The molecule has 1 heterocycles. The number of carbonyl (C=O) groups excluding carboxylic acids is 2. The van der Waals surface area contributed by atoms with E-state index in [0.29, 0.717) is 6.67 Å². The zero-order chi connectivity index (χ0) is 12.7. The molecule has 98 valence electrons. The molecule has 3 amide bonds. The first-order chi connectivity index (χ1) is 8.17. The second-order valence-corrected chi connectivity index (χ2v) is 4.52. The van der Waals surface area contributed by atoms with Gasteiger partial charge in [0.15, 0.2) is 0 Å². The first-order valence-corrected chi connectivity index (χ1v) is 6.48. The first-order valence-electron chi connectivity index (χ1n) is 6.48. The van der Waals surface area contributed by atoms with Gasteiger partial charge in [-0.05, 0) is 25.9 Å². The van der Waals surface area contributed by atoms with Crippen molar-refractivity contribution in [3.8, 4) is 0 Å². The van der Waals surface area contributed by atoms with Gasteiger partial charge in [0.1, 0.15) is 6.54 Å². The molecule has 0 atom stereocenters. The van der Waals surface area contributed by atoms with E-state index in [-0.39, 0.29) is 18.5 Å². The number of imide groups is 1. The van der Waals surface area contributed by atoms with Crippen LogP contribution in [-0.4, -0.2) is 48.0 Å². The lowest BCUT2D eigenvalue weighted by Crippen LogP contribution is -2.40. The van der Waals surface area contributed by atoms with Crippen LogP contribution in [0.2, 0.25) is 0 Å². The Morgan fingerprint density at radius 1 is 1.18 bits per heavy atom. The number of nitrogens with one attached hydrogen (secondary N) is 1. The summed E-state index contributed by atoms with van der Waals surface area (Å²) in [5.74, 6) is -0.194. The number of nitrogens with zero attached hydrogens (tertiary/aromatic N) is 2. The summed E-state index contributed by atoms with van der Waals surface area (Å²) < 4.78 is 0. The van der Waals surface area contributed by atoms with Crippen LogP contribution in [0.3, 0.4) is 0 Å². The molecule has 0 aliphatic carbocycles. The molecule has 0 radical (unpaired) electrons. The van der Waals surface area contributed by atoms with Gasteiger partial charge in [-0.1, -0.05) is 26.7 Å². The van der Waals surface area contributed by atoms with Crippen LogP contribution < -0.4 is 5.32 Å². The number of unbranched alkanes of at least 4 members (excludes halogenated alkanes) is 2. The second kappa shape index (κ2) is 7.27. The number of carbonyl (C=O) groups is 2. The van der Waals surface area contributed by atoms with Crippen LogP contribution >= 0.6 is 0 Å². The van der Waals surface area contributed by atoms with Crippen LogP contribution in [0.4, 0.5) is 4.79 Å². The smallest absolute Gasteiger partial charge is 0.302 e. The summed E-state index contributed by atoms with van der Waals surface area (Å²) in [6.45, 7) is 7.07. The van der Waals surface area contributed by atoms with Gasteiger partial charge in [-0.2, -0.15) is 0 Å². The molecule has 0 aromatic carbocycles. The first kappa shape index (κ1) is 14.0. The predicted molar refractivity (Wildman–Crippen MR) is 66.5 cm³/mol. The van der Waals surface area contributed by atoms with Gasteiger partial charge in [-0.25, -0.2) is 4.79 Å². The number of amides is 3. The van der Waals surface area contributed by atoms with Crippen molar-refractivity contribution in [2.24, 2.45) is 0 Å². The van der Waals surface area contributed by atoms with E-state index < -0.39 is 0 Å². The van der Waals surface area contributed by atoms with Gasteiger partial charge in [0, 0.05) is 0 Å². The zero-order valence-corrected chi connectivity index (χ0v) is 10.9. The summed E-state index contributed by atoms with van der Waals surface area (Å²) in [4.78, 5) is 26.3. The van der Waals surface area contributed by atoms with Crippen molar-refractivity contribution in [3.63, 3.8) is 0 Å². The van der Waals surface area contributed by atoms with Gasteiger partial charge in [0.2, 0.25) is 5.91 Å². The summed E-state index contributed by atoms with van der Waals surface area (Å²) in [6.07, 6.45) is 4.56. The van der Waals surface area contributed by atoms with Crippen molar-refractivity contribution in [1.82, 2.24) is 15.1 Å². The van der Waals surface area contributed by atoms with Crippen molar-refractivity contribution in [3.05, 3.63) is 0 Å². The molecular weight excluding hydrogens is 218 g/mol. The Hall–Kier alpha value is -1.10. The van der Waals surface area contributed by atoms with Crippen LogP contribution in [0.15, 0.2) is 0 Å². The molecule has 5 nitrogen and oxygen atoms in total. The molecule has 5 heteroatoms. The van der Waals surface area contributed by atoms with E-state index in [1.807, 2.05) is 0 Å². The highest BCUT2D eigenvalue weighted by molar-refractivity contribution is 6.01. The van der Waals surface area contributed by atoms with E-state index in [9.17, 15) is 9.59 Å². The molecule has 17 heavy (non-hydrogen) atoms. The fourth-order valence-electron chi connectivity index (χ4n) is 1.86. The van der Waals surface area contributed by atoms with Crippen molar-refractivity contribution in [2.45, 2.75) is 39.5 Å². The summed E-state index contributed by atoms with van der Waals surface area (Å²) in [5, 5.41) is 2.31. The molecule has 0 bridgehead atoms. The predicted octanol–water partition coefficient (Wildman–Crippen LogP) is 1.40. The minimum atomic E-state index is -0.256. The van der Waals surface area contributed by atoms with Gasteiger partial charge < -0.3 is 4.90 Å². The van der Waals surface area contributed by atoms with Gasteiger partial charge in [-0.3, -0.25) is 15.0 Å². The molecular formula is C12H23N3O2. The normalized spacial score (nSPS) is 15.8. The number of hydrogen-bond donors (Lipinski definition) is 1. The quantitative estimate of drug-likeness (QED) is 0.653. The van der Waals surface area contributed by atoms with Gasteiger partial charge in [0.25, 0.3) is 0 Å². The maximum Gasteiger partial charge on any atom is 0.325 e. The molecule has 0 aromatic rings. The lowest BCUT2D eigenvalue weighted by molar-refractivity contribution is -0.118. The Labute approximate surface area is 103 Å². The average molecular weight is 241 g/mol. The second-order valence-electron chi connectivity index (χ2n) is 4.52. The van der Waals surface area contributed by atoms with E-state index in [2.05, 4.69) is 24.1 Å². The van der Waals surface area contributed by atoms with Gasteiger partial charge >= 0.3 is 6.03 Å². The summed E-state index contributed by atoms with van der Waals surface area (Å²) in [7, 11) is 0. The van der Waals surface area contributed by atoms with E-state index in [1.165, 1.54) is 0 Å². The van der Waals surface area contributed by atoms with E-state index in [1.54, 1.807) is 4.90 Å². The van der Waals surface area contributed by atoms with Crippen LogP contribution in [0.25, 0.3) is 0 Å². The van der Waals surface area contributed by atoms with Crippen LogP contribution in [0, 0.1) is 0 Å². The lowest BCUT2D eigenvalue weighted by atomic mass is 10.3. The molecule has 0 aromatic heterocycles. The Bertz CT molecular complexity index is 260. The molecule has 0 saturated carbocycles. The number of hydrogen-bond acceptors (Lipinski definition) is 3. The molecule has 1 aliphatic rings. The Morgan fingerprint density at radius 2 is 1.76 bits per heavy atom. The number of rotatable bonds is 8. The SMILES string of the molecule is CCCCN(CCCC)CN1CC(=O)NC1=O. The third-order valence-electron chi connectivity index (χ3n) is 2.89. The Balaban J connectivity index is 2.40. The number of urea groups is 1. The monoisotopic (exact) mass is 241 g/mol. The molecule has 1 rings (SSSR count). The van der Waals surface area contributed by atoms with Crippen molar-refractivity contribution >= 4 is 11.9 Å². The molecule has 1 aliphatic heterocycles. The largest absolute Gasteiger partial charge is 0.325 e. The zero-order valence-electron chi connectivity index (χ0n) is 10.9. The van der Waals surface area contributed by atoms with Crippen LogP contribution in [-0.2, 0) is 4.79 Å². The Morgan fingerprint density at radius 3 is 2.18 bits per heavy atom. The highest BCUT2D eigenvalue weighted by atomic mass is 16.2. The van der Waals surface area contributed by atoms with E-state index >= 15 is 0 Å². The molecule has 0 spiro atoms. The standard InChI is InChI=1S/C12H23N3O2/c1-3-5-7-14(8-6-4-2)10-15-9-11(16)13-12(15)17/h3-10H2,1-2H3,(H,13,16,17). The van der Waals surface area contributed by atoms with Gasteiger partial charge in [-0.15, -0.1) is 0 Å². The van der Waals surface area contributed by atoms with Crippen LogP contribution in [0.5, 0.6) is 0 Å².